The summed E-state index contributed by atoms with van der Waals surface area (Å²) in [6.45, 7) is 6.30. The Morgan fingerprint density at radius 1 is 1.18 bits per heavy atom. The Balaban J connectivity index is 1.52. The van der Waals surface area contributed by atoms with Crippen molar-refractivity contribution in [3.8, 4) is 0 Å². The van der Waals surface area contributed by atoms with Crippen LogP contribution in [-0.4, -0.2) is 35.6 Å². The zero-order valence-electron chi connectivity index (χ0n) is 16.4. The summed E-state index contributed by atoms with van der Waals surface area (Å²) in [4.78, 5) is 20.5. The van der Waals surface area contributed by atoms with Gasteiger partial charge in [-0.2, -0.15) is 0 Å². The van der Waals surface area contributed by atoms with Gasteiger partial charge in [-0.3, -0.25) is 4.79 Å². The maximum atomic E-state index is 12.6. The minimum absolute atomic E-state index is 0.0373. The first-order valence-corrected chi connectivity index (χ1v) is 10.6. The Labute approximate surface area is 170 Å². The van der Waals surface area contributed by atoms with Crippen LogP contribution in [-0.2, 0) is 10.5 Å². The number of amides is 1. The van der Waals surface area contributed by atoms with Gasteiger partial charge in [-0.15, -0.1) is 0 Å². The molecule has 2 N–H and O–H groups in total. The fourth-order valence-corrected chi connectivity index (χ4v) is 3.69. The number of thioether (sulfide) groups is 1. The van der Waals surface area contributed by atoms with E-state index in [4.69, 9.17) is 4.74 Å². The minimum Gasteiger partial charge on any atom is -0.381 e. The van der Waals surface area contributed by atoms with Gasteiger partial charge in [0.05, 0.1) is 11.0 Å². The van der Waals surface area contributed by atoms with Crippen LogP contribution < -0.4 is 5.32 Å². The van der Waals surface area contributed by atoms with Crippen LogP contribution in [0.25, 0.3) is 11.0 Å². The first-order chi connectivity index (χ1) is 13.6. The van der Waals surface area contributed by atoms with E-state index in [1.807, 2.05) is 48.5 Å². The first kappa shape index (κ1) is 20.4. The van der Waals surface area contributed by atoms with E-state index in [0.717, 1.165) is 34.8 Å². The molecule has 5 nitrogen and oxygen atoms in total. The van der Waals surface area contributed by atoms with Gasteiger partial charge < -0.3 is 15.0 Å². The van der Waals surface area contributed by atoms with Gasteiger partial charge in [-0.1, -0.05) is 55.9 Å². The summed E-state index contributed by atoms with van der Waals surface area (Å²) in [5.41, 5.74) is 3.70. The molecule has 3 aromatic rings. The number of imidazole rings is 1. The molecule has 0 spiro atoms. The molecule has 0 fully saturated rings. The Morgan fingerprint density at radius 3 is 2.79 bits per heavy atom. The van der Waals surface area contributed by atoms with Crippen molar-refractivity contribution in [2.75, 3.05) is 19.8 Å². The number of nitrogens with one attached hydrogen (secondary N) is 2. The molecule has 1 heterocycles. The van der Waals surface area contributed by atoms with Crippen LogP contribution in [0.3, 0.4) is 0 Å². The van der Waals surface area contributed by atoms with Gasteiger partial charge in [0, 0.05) is 31.1 Å². The zero-order valence-corrected chi connectivity index (χ0v) is 17.2. The van der Waals surface area contributed by atoms with Gasteiger partial charge in [0.1, 0.15) is 0 Å². The lowest BCUT2D eigenvalue weighted by atomic mass is 10.1. The highest BCUT2D eigenvalue weighted by atomic mass is 32.2. The van der Waals surface area contributed by atoms with Gasteiger partial charge >= 0.3 is 0 Å². The molecule has 0 radical (unpaired) electrons. The quantitative estimate of drug-likeness (QED) is 0.386. The molecule has 0 aliphatic carbocycles. The van der Waals surface area contributed by atoms with Gasteiger partial charge in [-0.25, -0.2) is 4.98 Å². The number of para-hydroxylation sites is 2. The molecule has 0 atom stereocenters. The molecule has 0 saturated heterocycles. The number of carbonyl (C=O) groups excluding carboxylic acids is 1. The van der Waals surface area contributed by atoms with Gasteiger partial charge in [0.25, 0.3) is 5.91 Å². The van der Waals surface area contributed by atoms with Crippen LogP contribution in [0, 0.1) is 5.92 Å². The maximum Gasteiger partial charge on any atom is 0.251 e. The number of aromatic nitrogens is 2. The number of benzene rings is 2. The molecule has 1 amide bonds. The van der Waals surface area contributed by atoms with Crippen molar-refractivity contribution in [1.29, 1.82) is 0 Å². The second kappa shape index (κ2) is 10.3. The summed E-state index contributed by atoms with van der Waals surface area (Å²) in [5.74, 6) is 1.18. The molecule has 0 aliphatic heterocycles. The number of ether oxygens (including phenoxy) is 1. The standard InChI is InChI=1S/C22H27N3O2S/c1-16(2)14-27-13-7-12-23-21(26)18-9-4-3-8-17(18)15-28-22-24-19-10-5-6-11-20(19)25-22/h3-6,8-11,16H,7,12-15H2,1-2H3,(H,23,26)(H,24,25). The predicted molar refractivity (Wildman–Crippen MR) is 115 cm³/mol. The van der Waals surface area contributed by atoms with Crippen molar-refractivity contribution >= 4 is 28.7 Å². The van der Waals surface area contributed by atoms with Crippen molar-refractivity contribution in [2.24, 2.45) is 5.92 Å². The van der Waals surface area contributed by atoms with Crippen molar-refractivity contribution in [2.45, 2.75) is 31.2 Å². The van der Waals surface area contributed by atoms with E-state index in [1.54, 1.807) is 11.8 Å². The Kier molecular flexibility index (Phi) is 7.51. The lowest BCUT2D eigenvalue weighted by Gasteiger charge is -2.10. The van der Waals surface area contributed by atoms with Crippen molar-refractivity contribution in [3.05, 3.63) is 59.7 Å². The number of aromatic amines is 1. The molecule has 2 aromatic carbocycles. The third kappa shape index (κ3) is 5.84. The average Bonchev–Trinajstić information content (AvgIpc) is 3.12. The number of nitrogens with zero attached hydrogens (tertiary/aromatic N) is 1. The van der Waals surface area contributed by atoms with Crippen LogP contribution in [0.2, 0.25) is 0 Å². The Hall–Kier alpha value is -2.31. The van der Waals surface area contributed by atoms with E-state index in [2.05, 4.69) is 29.1 Å². The number of H-pyrrole nitrogens is 1. The molecule has 3 rings (SSSR count). The summed E-state index contributed by atoms with van der Waals surface area (Å²) in [6, 6.07) is 15.7. The molecule has 28 heavy (non-hydrogen) atoms. The van der Waals surface area contributed by atoms with E-state index in [0.29, 0.717) is 30.4 Å². The molecule has 6 heteroatoms. The van der Waals surface area contributed by atoms with Crippen LogP contribution in [0.4, 0.5) is 0 Å². The molecule has 148 valence electrons. The molecule has 0 bridgehead atoms. The Morgan fingerprint density at radius 2 is 1.96 bits per heavy atom. The maximum absolute atomic E-state index is 12.6. The number of hydrogen-bond acceptors (Lipinski definition) is 4. The molecular weight excluding hydrogens is 370 g/mol. The van der Waals surface area contributed by atoms with Gasteiger partial charge in [0.2, 0.25) is 0 Å². The van der Waals surface area contributed by atoms with E-state index in [1.165, 1.54) is 0 Å². The lowest BCUT2D eigenvalue weighted by molar-refractivity contribution is 0.0924. The summed E-state index contributed by atoms with van der Waals surface area (Å²) < 4.78 is 5.55. The lowest BCUT2D eigenvalue weighted by Crippen LogP contribution is -2.26. The normalized spacial score (nSPS) is 11.2. The van der Waals surface area contributed by atoms with E-state index in [-0.39, 0.29) is 5.91 Å². The number of fused-ring (bicyclic) bond motifs is 1. The van der Waals surface area contributed by atoms with Gasteiger partial charge in [0.15, 0.2) is 5.16 Å². The first-order valence-electron chi connectivity index (χ1n) is 9.65. The summed E-state index contributed by atoms with van der Waals surface area (Å²) in [6.07, 6.45) is 0.814. The third-order valence-corrected chi connectivity index (χ3v) is 5.12. The average molecular weight is 398 g/mol. The van der Waals surface area contributed by atoms with E-state index >= 15 is 0 Å². The van der Waals surface area contributed by atoms with Gasteiger partial charge in [-0.05, 0) is 36.1 Å². The van der Waals surface area contributed by atoms with E-state index < -0.39 is 0 Å². The zero-order chi connectivity index (χ0) is 19.8. The molecule has 0 unspecified atom stereocenters. The summed E-state index contributed by atoms with van der Waals surface area (Å²) >= 11 is 1.60. The molecule has 1 aromatic heterocycles. The highest BCUT2D eigenvalue weighted by Crippen LogP contribution is 2.24. The molecule has 0 saturated carbocycles. The summed E-state index contributed by atoms with van der Waals surface area (Å²) in [7, 11) is 0. The monoisotopic (exact) mass is 397 g/mol. The molecule has 0 aliphatic rings. The largest absolute Gasteiger partial charge is 0.381 e. The second-order valence-corrected chi connectivity index (χ2v) is 8.05. The third-order valence-electron chi connectivity index (χ3n) is 4.20. The fraction of sp³-hybridized carbons (Fsp3) is 0.364. The van der Waals surface area contributed by atoms with Crippen LogP contribution in [0.5, 0.6) is 0 Å². The second-order valence-electron chi connectivity index (χ2n) is 7.08. The Bertz CT molecular complexity index is 874. The fourth-order valence-electron chi connectivity index (χ4n) is 2.80. The highest BCUT2D eigenvalue weighted by molar-refractivity contribution is 7.98. The highest BCUT2D eigenvalue weighted by Gasteiger charge is 2.12. The van der Waals surface area contributed by atoms with Crippen molar-refractivity contribution in [3.63, 3.8) is 0 Å². The number of carbonyl (C=O) groups is 1. The predicted octanol–water partition coefficient (Wildman–Crippen LogP) is 4.65. The van der Waals surface area contributed by atoms with Crippen LogP contribution >= 0.6 is 11.8 Å². The van der Waals surface area contributed by atoms with E-state index in [9.17, 15) is 4.79 Å². The topological polar surface area (TPSA) is 67.0 Å². The van der Waals surface area contributed by atoms with Crippen molar-refractivity contribution < 1.29 is 9.53 Å². The van der Waals surface area contributed by atoms with Crippen LogP contribution in [0.15, 0.2) is 53.7 Å². The number of hydrogen-bond donors (Lipinski definition) is 2. The minimum atomic E-state index is -0.0373. The SMILES string of the molecule is CC(C)COCCCNC(=O)c1ccccc1CSc1nc2ccccc2[nH]1. The summed E-state index contributed by atoms with van der Waals surface area (Å²) in [5, 5.41) is 3.86. The number of rotatable bonds is 10. The smallest absolute Gasteiger partial charge is 0.251 e. The molecular formula is C22H27N3O2S. The van der Waals surface area contributed by atoms with Crippen molar-refractivity contribution in [1.82, 2.24) is 15.3 Å². The van der Waals surface area contributed by atoms with Crippen LogP contribution in [0.1, 0.15) is 36.2 Å².